The fourth-order valence-electron chi connectivity index (χ4n) is 4.38. The van der Waals surface area contributed by atoms with Crippen LogP contribution in [0.25, 0.3) is 0 Å². The number of halogens is 3. The Labute approximate surface area is 146 Å². The second kappa shape index (κ2) is 6.71. The van der Waals surface area contributed by atoms with Gasteiger partial charge in [-0.2, -0.15) is 0 Å². The average molecular weight is 357 g/mol. The summed E-state index contributed by atoms with van der Waals surface area (Å²) in [5, 5.41) is 10.6. The molecule has 25 heavy (non-hydrogen) atoms. The lowest BCUT2D eigenvalue weighted by molar-refractivity contribution is -0.274. The lowest BCUT2D eigenvalue weighted by Crippen LogP contribution is -2.40. The summed E-state index contributed by atoms with van der Waals surface area (Å²) in [5.74, 6) is -0.188. The van der Waals surface area contributed by atoms with Crippen LogP contribution in [-0.4, -0.2) is 30.2 Å². The topological polar surface area (TPSA) is 32.7 Å². The lowest BCUT2D eigenvalue weighted by atomic mass is 9.67. The Morgan fingerprint density at radius 1 is 1.08 bits per heavy atom. The van der Waals surface area contributed by atoms with Crippen molar-refractivity contribution < 1.29 is 23.0 Å². The SMILES string of the molecule is CCCC1(O)CCC2(CCN(c3ccc(OC(F)(F)F)cc3)C2)CC1. The molecular formula is C19H26F3NO2. The Bertz CT molecular complexity index is 577. The third-order valence-electron chi connectivity index (χ3n) is 5.83. The van der Waals surface area contributed by atoms with E-state index in [-0.39, 0.29) is 11.2 Å². The van der Waals surface area contributed by atoms with Crippen molar-refractivity contribution in [1.82, 2.24) is 0 Å². The summed E-state index contributed by atoms with van der Waals surface area (Å²) in [5.41, 5.74) is 0.672. The van der Waals surface area contributed by atoms with Gasteiger partial charge in [-0.15, -0.1) is 13.2 Å². The van der Waals surface area contributed by atoms with E-state index in [9.17, 15) is 18.3 Å². The predicted octanol–water partition coefficient (Wildman–Crippen LogP) is 4.89. The molecule has 3 nitrogen and oxygen atoms in total. The van der Waals surface area contributed by atoms with E-state index in [0.717, 1.165) is 63.7 Å². The Morgan fingerprint density at radius 2 is 1.72 bits per heavy atom. The number of ether oxygens (including phenoxy) is 1. The maximum atomic E-state index is 12.2. The molecule has 1 saturated carbocycles. The maximum Gasteiger partial charge on any atom is 0.573 e. The van der Waals surface area contributed by atoms with Crippen molar-refractivity contribution in [1.29, 1.82) is 0 Å². The highest BCUT2D eigenvalue weighted by Gasteiger charge is 2.45. The molecule has 0 bridgehead atoms. The second-order valence-corrected chi connectivity index (χ2v) is 7.69. The normalized spacial score (nSPS) is 30.0. The molecule has 1 saturated heterocycles. The van der Waals surface area contributed by atoms with E-state index in [1.54, 1.807) is 12.1 Å². The monoisotopic (exact) mass is 357 g/mol. The molecule has 1 spiro atoms. The fourth-order valence-corrected chi connectivity index (χ4v) is 4.38. The quantitative estimate of drug-likeness (QED) is 0.833. The molecule has 1 aromatic carbocycles. The van der Waals surface area contributed by atoms with Gasteiger partial charge in [0.05, 0.1) is 5.60 Å². The Balaban J connectivity index is 1.60. The van der Waals surface area contributed by atoms with Gasteiger partial charge in [-0.25, -0.2) is 0 Å². The van der Waals surface area contributed by atoms with Gasteiger partial charge in [-0.1, -0.05) is 13.3 Å². The minimum Gasteiger partial charge on any atom is -0.406 e. The van der Waals surface area contributed by atoms with E-state index in [2.05, 4.69) is 16.6 Å². The molecule has 1 aromatic rings. The molecule has 3 rings (SSSR count). The minimum absolute atomic E-state index is 0.188. The van der Waals surface area contributed by atoms with Crippen molar-refractivity contribution in [3.63, 3.8) is 0 Å². The first-order valence-electron chi connectivity index (χ1n) is 9.06. The molecular weight excluding hydrogens is 331 g/mol. The van der Waals surface area contributed by atoms with Crippen molar-refractivity contribution in [2.24, 2.45) is 5.41 Å². The number of rotatable bonds is 4. The van der Waals surface area contributed by atoms with Gasteiger partial charge >= 0.3 is 6.36 Å². The van der Waals surface area contributed by atoms with Gasteiger partial charge in [0.25, 0.3) is 0 Å². The first-order chi connectivity index (χ1) is 11.7. The van der Waals surface area contributed by atoms with Gasteiger partial charge in [0.15, 0.2) is 0 Å². The van der Waals surface area contributed by atoms with E-state index >= 15 is 0 Å². The third-order valence-corrected chi connectivity index (χ3v) is 5.83. The summed E-state index contributed by atoms with van der Waals surface area (Å²) in [7, 11) is 0. The molecule has 1 aliphatic heterocycles. The van der Waals surface area contributed by atoms with Gasteiger partial charge in [-0.3, -0.25) is 0 Å². The molecule has 1 heterocycles. The van der Waals surface area contributed by atoms with Crippen LogP contribution in [0.3, 0.4) is 0 Å². The number of anilines is 1. The van der Waals surface area contributed by atoms with E-state index in [4.69, 9.17) is 0 Å². The molecule has 0 amide bonds. The predicted molar refractivity (Wildman–Crippen MR) is 90.7 cm³/mol. The lowest BCUT2D eigenvalue weighted by Gasteiger charge is -2.42. The van der Waals surface area contributed by atoms with Crippen LogP contribution in [-0.2, 0) is 0 Å². The largest absolute Gasteiger partial charge is 0.573 e. The second-order valence-electron chi connectivity index (χ2n) is 7.69. The van der Waals surface area contributed by atoms with Crippen molar-refractivity contribution in [3.05, 3.63) is 24.3 Å². The Hall–Kier alpha value is -1.43. The van der Waals surface area contributed by atoms with Gasteiger partial charge in [0.1, 0.15) is 5.75 Å². The fraction of sp³-hybridized carbons (Fsp3) is 0.684. The molecule has 2 fully saturated rings. The highest BCUT2D eigenvalue weighted by Crippen LogP contribution is 2.48. The Morgan fingerprint density at radius 3 is 2.28 bits per heavy atom. The van der Waals surface area contributed by atoms with Gasteiger partial charge in [0, 0.05) is 18.8 Å². The summed E-state index contributed by atoms with van der Waals surface area (Å²) in [6, 6.07) is 6.12. The standard InChI is InChI=1S/C19H26F3NO2/c1-2-7-18(24)10-8-17(9-11-18)12-13-23(14-17)15-3-5-16(6-4-15)25-19(20,21)22/h3-6,24H,2,7-14H2,1H3. The number of nitrogens with zero attached hydrogens (tertiary/aromatic N) is 1. The van der Waals surface area contributed by atoms with Crippen LogP contribution in [0.1, 0.15) is 51.9 Å². The number of benzene rings is 1. The minimum atomic E-state index is -4.66. The molecule has 1 N–H and O–H groups in total. The first-order valence-corrected chi connectivity index (χ1v) is 9.06. The maximum absolute atomic E-state index is 12.2. The van der Waals surface area contributed by atoms with Gasteiger partial charge in [-0.05, 0) is 68.2 Å². The Kier molecular flexibility index (Phi) is 4.93. The summed E-state index contributed by atoms with van der Waals surface area (Å²) < 4.78 is 40.7. The van der Waals surface area contributed by atoms with E-state index in [1.807, 2.05) is 0 Å². The first kappa shape index (κ1) is 18.4. The molecule has 0 unspecified atom stereocenters. The van der Waals surface area contributed by atoms with Crippen molar-refractivity contribution >= 4 is 5.69 Å². The highest BCUT2D eigenvalue weighted by atomic mass is 19.4. The summed E-state index contributed by atoms with van der Waals surface area (Å²) in [6.45, 7) is 3.92. The van der Waals surface area contributed by atoms with E-state index in [1.165, 1.54) is 12.1 Å². The molecule has 0 radical (unpaired) electrons. The van der Waals surface area contributed by atoms with Gasteiger partial charge in [0.2, 0.25) is 0 Å². The zero-order valence-corrected chi connectivity index (χ0v) is 14.6. The smallest absolute Gasteiger partial charge is 0.406 e. The number of hydrogen-bond donors (Lipinski definition) is 1. The van der Waals surface area contributed by atoms with E-state index in [0.29, 0.717) is 0 Å². The van der Waals surface area contributed by atoms with Gasteiger partial charge < -0.3 is 14.7 Å². The average Bonchev–Trinajstić information content (AvgIpc) is 2.95. The molecule has 0 atom stereocenters. The molecule has 6 heteroatoms. The van der Waals surface area contributed by atoms with Crippen molar-refractivity contribution in [2.45, 2.75) is 63.8 Å². The number of aliphatic hydroxyl groups is 1. The zero-order chi connectivity index (χ0) is 18.1. The zero-order valence-electron chi connectivity index (χ0n) is 14.6. The molecule has 1 aliphatic carbocycles. The third kappa shape index (κ3) is 4.40. The van der Waals surface area contributed by atoms with Crippen LogP contribution < -0.4 is 9.64 Å². The number of alkyl halides is 3. The summed E-state index contributed by atoms with van der Waals surface area (Å²) in [4.78, 5) is 2.24. The van der Waals surface area contributed by atoms with Crippen LogP contribution in [0, 0.1) is 5.41 Å². The van der Waals surface area contributed by atoms with Crippen molar-refractivity contribution in [3.8, 4) is 5.75 Å². The van der Waals surface area contributed by atoms with Crippen molar-refractivity contribution in [2.75, 3.05) is 18.0 Å². The van der Waals surface area contributed by atoms with Crippen LogP contribution in [0.5, 0.6) is 5.75 Å². The summed E-state index contributed by atoms with van der Waals surface area (Å²) >= 11 is 0. The van der Waals surface area contributed by atoms with Crippen LogP contribution in [0.15, 0.2) is 24.3 Å². The van der Waals surface area contributed by atoms with Crippen LogP contribution in [0.4, 0.5) is 18.9 Å². The molecule has 140 valence electrons. The van der Waals surface area contributed by atoms with E-state index < -0.39 is 12.0 Å². The van der Waals surface area contributed by atoms with Crippen LogP contribution >= 0.6 is 0 Å². The molecule has 2 aliphatic rings. The highest BCUT2D eigenvalue weighted by molar-refractivity contribution is 5.50. The number of hydrogen-bond acceptors (Lipinski definition) is 3. The summed E-state index contributed by atoms with van der Waals surface area (Å²) in [6.07, 6.45) is 2.05. The van der Waals surface area contributed by atoms with Crippen LogP contribution in [0.2, 0.25) is 0 Å². The molecule has 0 aromatic heterocycles.